The highest BCUT2D eigenvalue weighted by Crippen LogP contribution is 2.46. The molecular formula is C26H31NO5S2. The zero-order chi connectivity index (χ0) is 25.1. The molecule has 0 spiro atoms. The van der Waals surface area contributed by atoms with Crippen molar-refractivity contribution in [1.82, 2.24) is 4.98 Å². The number of aliphatic hydroxyl groups is 1. The number of hydrogen-bond donors (Lipinski definition) is 1. The zero-order valence-electron chi connectivity index (χ0n) is 20.2. The van der Waals surface area contributed by atoms with Crippen molar-refractivity contribution in [2.75, 3.05) is 5.75 Å². The van der Waals surface area contributed by atoms with Crippen LogP contribution in [0, 0.1) is 5.41 Å². The summed E-state index contributed by atoms with van der Waals surface area (Å²) in [6.45, 7) is 8.97. The number of carbonyl (C=O) groups is 1. The van der Waals surface area contributed by atoms with E-state index in [1.54, 1.807) is 37.3 Å². The van der Waals surface area contributed by atoms with Crippen LogP contribution in [0.25, 0.3) is 10.2 Å². The van der Waals surface area contributed by atoms with Gasteiger partial charge >= 0.3 is 5.97 Å². The van der Waals surface area contributed by atoms with Crippen LogP contribution in [0.3, 0.4) is 0 Å². The van der Waals surface area contributed by atoms with Gasteiger partial charge in [0.25, 0.3) is 0 Å². The van der Waals surface area contributed by atoms with Crippen LogP contribution in [-0.2, 0) is 19.4 Å². The van der Waals surface area contributed by atoms with Gasteiger partial charge in [0.1, 0.15) is 6.10 Å². The maximum atomic E-state index is 12.6. The standard InChI is InChI=1S/C26H31NO5S2/c1-18(13-14-23-25(3,4)16-20(32-19(2)28)17-26(23,5)29)10-8-9-15-34(30,31)24-27-21-11-6-7-12-22(21)33-24/h6-13,20,29H,15-17H2,1-5H3/b9-8+,18-10+/t14?,20-,26+/m0/s1. The molecule has 2 atom stereocenters. The molecule has 1 N–H and O–H groups in total. The average molecular weight is 502 g/mol. The Hall–Kier alpha value is -2.51. The van der Waals surface area contributed by atoms with Crippen molar-refractivity contribution in [3.05, 3.63) is 65.4 Å². The molecule has 1 aliphatic carbocycles. The van der Waals surface area contributed by atoms with E-state index in [1.807, 2.05) is 39.0 Å². The van der Waals surface area contributed by atoms with Gasteiger partial charge in [0.2, 0.25) is 14.2 Å². The fraction of sp³-hybridized carbons (Fsp3) is 0.423. The molecule has 0 amide bonds. The predicted octanol–water partition coefficient (Wildman–Crippen LogP) is 5.16. The summed E-state index contributed by atoms with van der Waals surface area (Å²) in [6, 6.07) is 7.35. The fourth-order valence-electron chi connectivity index (χ4n) is 4.38. The highest BCUT2D eigenvalue weighted by molar-refractivity contribution is 7.93. The van der Waals surface area contributed by atoms with Crippen molar-refractivity contribution < 1.29 is 23.1 Å². The number of benzene rings is 1. The summed E-state index contributed by atoms with van der Waals surface area (Å²) in [5.74, 6) is -0.490. The number of para-hydroxylation sites is 1. The second-order valence-corrected chi connectivity index (χ2v) is 12.8. The summed E-state index contributed by atoms with van der Waals surface area (Å²) >= 11 is 1.18. The maximum Gasteiger partial charge on any atom is 0.302 e. The number of nitrogens with zero attached hydrogens (tertiary/aromatic N) is 1. The smallest absolute Gasteiger partial charge is 0.302 e. The van der Waals surface area contributed by atoms with Gasteiger partial charge in [-0.25, -0.2) is 13.4 Å². The predicted molar refractivity (Wildman–Crippen MR) is 135 cm³/mol. The minimum absolute atomic E-state index is 0.123. The van der Waals surface area contributed by atoms with Crippen LogP contribution in [-0.4, -0.2) is 41.9 Å². The SMILES string of the molecule is CC(=O)O[C@H]1CC(C)(C)C(=C=C/C(C)=C/C=C/CS(=O)(=O)c2nc3ccccc3s2)[C@](C)(O)C1. The van der Waals surface area contributed by atoms with Crippen LogP contribution in [0.2, 0.25) is 0 Å². The third-order valence-electron chi connectivity index (χ3n) is 5.71. The highest BCUT2D eigenvalue weighted by Gasteiger charge is 2.46. The number of hydrogen-bond acceptors (Lipinski definition) is 7. The van der Waals surface area contributed by atoms with E-state index in [0.29, 0.717) is 18.4 Å². The van der Waals surface area contributed by atoms with E-state index in [4.69, 9.17) is 4.74 Å². The van der Waals surface area contributed by atoms with Gasteiger partial charge in [0, 0.05) is 18.9 Å². The molecule has 1 aromatic heterocycles. The Morgan fingerprint density at radius 1 is 1.26 bits per heavy atom. The van der Waals surface area contributed by atoms with E-state index in [2.05, 4.69) is 10.7 Å². The van der Waals surface area contributed by atoms with Gasteiger partial charge in [-0.05, 0) is 49.5 Å². The molecule has 1 heterocycles. The van der Waals surface area contributed by atoms with E-state index in [-0.39, 0.29) is 22.2 Å². The third-order valence-corrected chi connectivity index (χ3v) is 8.80. The molecule has 1 aliphatic rings. The molecule has 1 saturated carbocycles. The average Bonchev–Trinajstić information content (AvgIpc) is 3.14. The van der Waals surface area contributed by atoms with E-state index >= 15 is 0 Å². The van der Waals surface area contributed by atoms with Crippen molar-refractivity contribution in [2.45, 2.75) is 63.5 Å². The first-order chi connectivity index (χ1) is 15.8. The minimum atomic E-state index is -3.50. The molecule has 8 heteroatoms. The highest BCUT2D eigenvalue weighted by atomic mass is 32.2. The summed E-state index contributed by atoms with van der Waals surface area (Å²) in [5.41, 5.74) is 3.98. The normalized spacial score (nSPS) is 23.2. The lowest BCUT2D eigenvalue weighted by Gasteiger charge is -2.44. The number of fused-ring (bicyclic) bond motifs is 1. The Balaban J connectivity index is 1.72. The second-order valence-electron chi connectivity index (χ2n) is 9.53. The number of carbonyl (C=O) groups excluding carboxylic acids is 1. The van der Waals surface area contributed by atoms with Gasteiger partial charge in [-0.15, -0.1) is 17.1 Å². The van der Waals surface area contributed by atoms with Crippen LogP contribution < -0.4 is 0 Å². The lowest BCUT2D eigenvalue weighted by molar-refractivity contribution is -0.152. The van der Waals surface area contributed by atoms with Crippen molar-refractivity contribution in [3.8, 4) is 0 Å². The minimum Gasteiger partial charge on any atom is -0.462 e. The summed E-state index contributed by atoms with van der Waals surface area (Å²) in [4.78, 5) is 15.6. The molecule has 0 unspecified atom stereocenters. The first-order valence-corrected chi connectivity index (χ1v) is 13.6. The van der Waals surface area contributed by atoms with Crippen LogP contribution in [0.4, 0.5) is 0 Å². The van der Waals surface area contributed by atoms with E-state index < -0.39 is 20.9 Å². The Bertz CT molecular complexity index is 1250. The second kappa shape index (κ2) is 10.0. The number of rotatable bonds is 6. The Kier molecular flexibility index (Phi) is 7.68. The molecule has 0 saturated heterocycles. The van der Waals surface area contributed by atoms with Crippen molar-refractivity contribution in [2.24, 2.45) is 5.41 Å². The zero-order valence-corrected chi connectivity index (χ0v) is 21.8. The molecule has 0 radical (unpaired) electrons. The van der Waals surface area contributed by atoms with Crippen molar-refractivity contribution >= 4 is 37.4 Å². The maximum absolute atomic E-state index is 12.6. The molecule has 1 aromatic carbocycles. The van der Waals surface area contributed by atoms with Crippen molar-refractivity contribution in [3.63, 3.8) is 0 Å². The quantitative estimate of drug-likeness (QED) is 0.334. The molecule has 0 aliphatic heterocycles. The van der Waals surface area contributed by atoms with Gasteiger partial charge in [0.05, 0.1) is 21.6 Å². The molecular weight excluding hydrogens is 470 g/mol. The summed E-state index contributed by atoms with van der Waals surface area (Å²) < 4.78 is 31.5. The Morgan fingerprint density at radius 2 is 1.97 bits per heavy atom. The molecule has 3 rings (SSSR count). The number of sulfone groups is 1. The molecule has 34 heavy (non-hydrogen) atoms. The largest absolute Gasteiger partial charge is 0.462 e. The number of aromatic nitrogens is 1. The van der Waals surface area contributed by atoms with Crippen LogP contribution in [0.5, 0.6) is 0 Å². The van der Waals surface area contributed by atoms with Gasteiger partial charge in [0.15, 0.2) is 0 Å². The molecule has 6 nitrogen and oxygen atoms in total. The number of esters is 1. The van der Waals surface area contributed by atoms with E-state index in [9.17, 15) is 18.3 Å². The summed E-state index contributed by atoms with van der Waals surface area (Å²) in [6.07, 6.45) is 7.45. The third kappa shape index (κ3) is 6.33. The molecule has 2 aromatic rings. The number of thiazole rings is 1. The Labute approximate surface area is 205 Å². The summed E-state index contributed by atoms with van der Waals surface area (Å²) in [5, 5.41) is 11.0. The number of allylic oxidation sites excluding steroid dienone is 3. The van der Waals surface area contributed by atoms with Crippen molar-refractivity contribution in [1.29, 1.82) is 0 Å². The Morgan fingerprint density at radius 3 is 2.62 bits per heavy atom. The van der Waals surface area contributed by atoms with Crippen LogP contribution in [0.15, 0.2) is 69.8 Å². The number of ether oxygens (including phenoxy) is 1. The van der Waals surface area contributed by atoms with Gasteiger partial charge < -0.3 is 9.84 Å². The monoisotopic (exact) mass is 501 g/mol. The van der Waals surface area contributed by atoms with E-state index in [1.165, 1.54) is 18.3 Å². The molecule has 1 fully saturated rings. The van der Waals surface area contributed by atoms with Gasteiger partial charge in [-0.3, -0.25) is 4.79 Å². The van der Waals surface area contributed by atoms with Gasteiger partial charge in [-0.2, -0.15) is 0 Å². The topological polar surface area (TPSA) is 93.6 Å². The summed E-state index contributed by atoms with van der Waals surface area (Å²) in [7, 11) is -3.50. The van der Waals surface area contributed by atoms with Gasteiger partial charge in [-0.1, -0.05) is 44.2 Å². The van der Waals surface area contributed by atoms with Crippen LogP contribution in [0.1, 0.15) is 47.5 Å². The first-order valence-electron chi connectivity index (χ1n) is 11.1. The first kappa shape index (κ1) is 26.1. The lowest BCUT2D eigenvalue weighted by Crippen LogP contribution is -2.46. The molecule has 0 bridgehead atoms. The lowest BCUT2D eigenvalue weighted by atomic mass is 9.65. The molecule has 182 valence electrons. The fourth-order valence-corrected chi connectivity index (χ4v) is 6.80. The van der Waals surface area contributed by atoms with E-state index in [0.717, 1.165) is 15.8 Å². The van der Waals surface area contributed by atoms with Crippen LogP contribution >= 0.6 is 11.3 Å².